The zero-order valence-corrected chi connectivity index (χ0v) is 7.88. The molecule has 0 aliphatic carbocycles. The van der Waals surface area contributed by atoms with Gasteiger partial charge >= 0.3 is 5.97 Å². The van der Waals surface area contributed by atoms with Crippen molar-refractivity contribution in [2.45, 2.75) is 32.2 Å². The van der Waals surface area contributed by atoms with E-state index in [1.807, 2.05) is 6.92 Å². The van der Waals surface area contributed by atoms with Crippen molar-refractivity contribution in [2.75, 3.05) is 20.2 Å². The number of esters is 1. The fourth-order valence-corrected chi connectivity index (χ4v) is 1.65. The maximum atomic E-state index is 11.1. The fourth-order valence-electron chi connectivity index (χ4n) is 1.65. The Morgan fingerprint density at radius 1 is 1.67 bits per heavy atom. The van der Waals surface area contributed by atoms with Crippen molar-refractivity contribution >= 4 is 5.97 Å². The van der Waals surface area contributed by atoms with Crippen LogP contribution in [0.5, 0.6) is 0 Å². The van der Waals surface area contributed by atoms with E-state index in [2.05, 4.69) is 11.9 Å². The highest BCUT2D eigenvalue weighted by molar-refractivity contribution is 5.70. The summed E-state index contributed by atoms with van der Waals surface area (Å²) in [6, 6.07) is 0.420. The Morgan fingerprint density at radius 3 is 2.92 bits per heavy atom. The maximum absolute atomic E-state index is 11.1. The van der Waals surface area contributed by atoms with Crippen molar-refractivity contribution < 1.29 is 9.53 Å². The van der Waals surface area contributed by atoms with E-state index in [0.29, 0.717) is 19.1 Å². The second-order valence-corrected chi connectivity index (χ2v) is 3.29. The number of carbonyl (C=O) groups excluding carboxylic acids is 1. The summed E-state index contributed by atoms with van der Waals surface area (Å²) < 4.78 is 4.89. The predicted molar refractivity (Wildman–Crippen MR) is 46.9 cm³/mol. The quantitative estimate of drug-likeness (QED) is 0.594. The molecule has 0 radical (unpaired) electrons. The topological polar surface area (TPSA) is 29.5 Å². The van der Waals surface area contributed by atoms with Crippen LogP contribution in [-0.2, 0) is 9.53 Å². The Balaban J connectivity index is 2.25. The molecule has 0 saturated carbocycles. The molecule has 0 aromatic heterocycles. The first-order valence-corrected chi connectivity index (χ1v) is 4.60. The summed E-state index contributed by atoms with van der Waals surface area (Å²) in [6.45, 7) is 3.45. The third-order valence-electron chi connectivity index (χ3n) is 2.38. The van der Waals surface area contributed by atoms with Gasteiger partial charge in [-0.15, -0.1) is 0 Å². The molecule has 0 N–H and O–H groups in total. The summed E-state index contributed by atoms with van der Waals surface area (Å²) in [4.78, 5) is 13.3. The monoisotopic (exact) mass is 171 g/mol. The van der Waals surface area contributed by atoms with E-state index in [0.717, 1.165) is 13.0 Å². The molecule has 70 valence electrons. The minimum Gasteiger partial charge on any atom is -0.466 e. The van der Waals surface area contributed by atoms with Crippen molar-refractivity contribution in [3.63, 3.8) is 0 Å². The van der Waals surface area contributed by atoms with Crippen LogP contribution in [0, 0.1) is 0 Å². The van der Waals surface area contributed by atoms with Crippen molar-refractivity contribution in [3.8, 4) is 0 Å². The van der Waals surface area contributed by atoms with E-state index in [1.165, 1.54) is 6.42 Å². The van der Waals surface area contributed by atoms with Gasteiger partial charge in [-0.25, -0.2) is 0 Å². The largest absolute Gasteiger partial charge is 0.466 e. The molecule has 12 heavy (non-hydrogen) atoms. The molecule has 1 aliphatic heterocycles. The van der Waals surface area contributed by atoms with Crippen molar-refractivity contribution in [1.29, 1.82) is 0 Å². The number of carbonyl (C=O) groups is 1. The van der Waals surface area contributed by atoms with Crippen LogP contribution < -0.4 is 0 Å². The average Bonchev–Trinajstić information content (AvgIpc) is 2.37. The molecule has 1 saturated heterocycles. The van der Waals surface area contributed by atoms with Gasteiger partial charge in [-0.1, -0.05) is 0 Å². The third-order valence-corrected chi connectivity index (χ3v) is 2.38. The standard InChI is InChI=1S/C9H17NO2/c1-3-12-9(11)7-8-5-4-6-10(8)2/h8H,3-7H2,1-2H3/t8-/m0/s1. The molecule has 1 heterocycles. The highest BCUT2D eigenvalue weighted by Crippen LogP contribution is 2.17. The molecule has 3 heteroatoms. The normalized spacial score (nSPS) is 24.3. The van der Waals surface area contributed by atoms with Crippen LogP contribution in [0.2, 0.25) is 0 Å². The van der Waals surface area contributed by atoms with Gasteiger partial charge in [0, 0.05) is 6.04 Å². The molecule has 0 unspecified atom stereocenters. The molecule has 3 nitrogen and oxygen atoms in total. The van der Waals surface area contributed by atoms with Gasteiger partial charge in [0.25, 0.3) is 0 Å². The predicted octanol–water partition coefficient (Wildman–Crippen LogP) is 1.03. The second kappa shape index (κ2) is 4.45. The number of hydrogen-bond acceptors (Lipinski definition) is 3. The number of nitrogens with zero attached hydrogens (tertiary/aromatic N) is 1. The lowest BCUT2D eigenvalue weighted by Crippen LogP contribution is -2.28. The molecule has 0 spiro atoms. The zero-order chi connectivity index (χ0) is 8.97. The molecule has 0 aromatic rings. The molecule has 0 amide bonds. The van der Waals surface area contributed by atoms with Crippen LogP contribution in [0.25, 0.3) is 0 Å². The molecule has 1 aliphatic rings. The smallest absolute Gasteiger partial charge is 0.307 e. The lowest BCUT2D eigenvalue weighted by Gasteiger charge is -2.17. The Labute approximate surface area is 73.7 Å². The van der Waals surface area contributed by atoms with Crippen molar-refractivity contribution in [1.82, 2.24) is 4.90 Å². The van der Waals surface area contributed by atoms with Crippen LogP contribution in [-0.4, -0.2) is 37.1 Å². The highest BCUT2D eigenvalue weighted by Gasteiger charge is 2.23. The Kier molecular flexibility index (Phi) is 3.53. The van der Waals surface area contributed by atoms with E-state index in [9.17, 15) is 4.79 Å². The Bertz CT molecular complexity index is 159. The number of rotatable bonds is 3. The Morgan fingerprint density at radius 2 is 2.42 bits per heavy atom. The minimum absolute atomic E-state index is 0.0590. The summed E-state index contributed by atoms with van der Waals surface area (Å²) in [5.74, 6) is -0.0590. The summed E-state index contributed by atoms with van der Waals surface area (Å²) in [6.07, 6.45) is 2.90. The summed E-state index contributed by atoms with van der Waals surface area (Å²) >= 11 is 0. The minimum atomic E-state index is -0.0590. The molecule has 0 bridgehead atoms. The van der Waals surface area contributed by atoms with Crippen molar-refractivity contribution in [3.05, 3.63) is 0 Å². The van der Waals surface area contributed by atoms with Gasteiger partial charge in [0.1, 0.15) is 0 Å². The molecular formula is C9H17NO2. The first kappa shape index (κ1) is 9.52. The number of likely N-dealkylation sites (tertiary alicyclic amines) is 1. The van der Waals surface area contributed by atoms with Gasteiger partial charge in [-0.3, -0.25) is 4.79 Å². The van der Waals surface area contributed by atoms with Crippen molar-refractivity contribution in [2.24, 2.45) is 0 Å². The first-order valence-electron chi connectivity index (χ1n) is 4.60. The van der Waals surface area contributed by atoms with Gasteiger partial charge in [0.2, 0.25) is 0 Å². The van der Waals surface area contributed by atoms with E-state index in [-0.39, 0.29) is 5.97 Å². The van der Waals surface area contributed by atoms with Gasteiger partial charge in [-0.2, -0.15) is 0 Å². The highest BCUT2D eigenvalue weighted by atomic mass is 16.5. The first-order chi connectivity index (χ1) is 5.74. The Hall–Kier alpha value is -0.570. The van der Waals surface area contributed by atoms with Gasteiger partial charge in [0.05, 0.1) is 13.0 Å². The van der Waals surface area contributed by atoms with Crippen LogP contribution in [0.15, 0.2) is 0 Å². The van der Waals surface area contributed by atoms with E-state index in [4.69, 9.17) is 4.74 Å². The van der Waals surface area contributed by atoms with E-state index in [1.54, 1.807) is 0 Å². The van der Waals surface area contributed by atoms with Crippen LogP contribution in [0.1, 0.15) is 26.2 Å². The van der Waals surface area contributed by atoms with Crippen LogP contribution in [0.4, 0.5) is 0 Å². The SMILES string of the molecule is CCOC(=O)C[C@@H]1CCCN1C. The van der Waals surface area contributed by atoms with Gasteiger partial charge < -0.3 is 9.64 Å². The average molecular weight is 171 g/mol. The second-order valence-electron chi connectivity index (χ2n) is 3.29. The molecule has 0 aromatic carbocycles. The molecule has 1 atom stereocenters. The summed E-state index contributed by atoms with van der Waals surface area (Å²) in [7, 11) is 2.07. The zero-order valence-electron chi connectivity index (χ0n) is 7.88. The van der Waals surface area contributed by atoms with Gasteiger partial charge in [0.15, 0.2) is 0 Å². The lowest BCUT2D eigenvalue weighted by atomic mass is 10.1. The van der Waals surface area contributed by atoms with Crippen LogP contribution >= 0.6 is 0 Å². The summed E-state index contributed by atoms with van der Waals surface area (Å²) in [5, 5.41) is 0. The third kappa shape index (κ3) is 2.48. The van der Waals surface area contributed by atoms with E-state index >= 15 is 0 Å². The number of ether oxygens (including phenoxy) is 1. The molecule has 1 rings (SSSR count). The van der Waals surface area contributed by atoms with Gasteiger partial charge in [-0.05, 0) is 33.4 Å². The molecular weight excluding hydrogens is 154 g/mol. The fraction of sp³-hybridized carbons (Fsp3) is 0.889. The lowest BCUT2D eigenvalue weighted by molar-refractivity contribution is -0.144. The molecule has 1 fully saturated rings. The van der Waals surface area contributed by atoms with E-state index < -0.39 is 0 Å². The maximum Gasteiger partial charge on any atom is 0.307 e. The summed E-state index contributed by atoms with van der Waals surface area (Å²) in [5.41, 5.74) is 0. The number of hydrogen-bond donors (Lipinski definition) is 0. The van der Waals surface area contributed by atoms with Crippen LogP contribution in [0.3, 0.4) is 0 Å².